The standard InChI is InChI=1S/C18H12Br2N4O/c19-13-1-5-15(6-2-13)21-22-16-9-11-18(12-10-16)24(25)23-17-7-3-14(20)4-8-17/h1-12H. The maximum atomic E-state index is 12.1. The molecule has 0 aliphatic heterocycles. The Hall–Kier alpha value is -2.38. The molecule has 0 atom stereocenters. The van der Waals surface area contributed by atoms with E-state index in [9.17, 15) is 5.21 Å². The average Bonchev–Trinajstić information content (AvgIpc) is 2.63. The topological polar surface area (TPSA) is 63.1 Å². The third-order valence-corrected chi connectivity index (χ3v) is 4.27. The summed E-state index contributed by atoms with van der Waals surface area (Å²) in [4.78, 5) is 0.582. The first-order chi connectivity index (χ1) is 12.1. The lowest BCUT2D eigenvalue weighted by Gasteiger charge is -2.00. The smallest absolute Gasteiger partial charge is 0.245 e. The summed E-state index contributed by atoms with van der Waals surface area (Å²) in [7, 11) is 0. The van der Waals surface area contributed by atoms with Gasteiger partial charge in [-0.1, -0.05) is 36.7 Å². The summed E-state index contributed by atoms with van der Waals surface area (Å²) in [6.07, 6.45) is 0. The fraction of sp³-hybridized carbons (Fsp3) is 0. The fourth-order valence-electron chi connectivity index (χ4n) is 1.94. The molecule has 0 N–H and O–H groups in total. The van der Waals surface area contributed by atoms with Gasteiger partial charge in [0.15, 0.2) is 0 Å². The zero-order valence-electron chi connectivity index (χ0n) is 12.9. The van der Waals surface area contributed by atoms with Crippen LogP contribution in [0, 0.1) is 5.21 Å². The summed E-state index contributed by atoms with van der Waals surface area (Å²) in [5.74, 6) is 0. The van der Waals surface area contributed by atoms with E-state index in [0.717, 1.165) is 14.6 Å². The lowest BCUT2D eigenvalue weighted by molar-refractivity contribution is -0.435. The van der Waals surface area contributed by atoms with Gasteiger partial charge in [-0.15, -0.1) is 0 Å². The first-order valence-corrected chi connectivity index (χ1v) is 8.91. The van der Waals surface area contributed by atoms with Crippen LogP contribution in [0.4, 0.5) is 22.7 Å². The molecule has 0 heterocycles. The number of azo groups is 2. The Labute approximate surface area is 161 Å². The lowest BCUT2D eigenvalue weighted by Crippen LogP contribution is -1.89. The van der Waals surface area contributed by atoms with E-state index in [1.54, 1.807) is 36.4 Å². The summed E-state index contributed by atoms with van der Waals surface area (Å²) in [5, 5.41) is 24.4. The molecule has 0 saturated heterocycles. The molecule has 0 aliphatic rings. The zero-order chi connectivity index (χ0) is 17.6. The predicted molar refractivity (Wildman–Crippen MR) is 104 cm³/mol. The Kier molecular flexibility index (Phi) is 5.67. The number of hydrogen-bond donors (Lipinski definition) is 0. The molecule has 25 heavy (non-hydrogen) atoms. The fourth-order valence-corrected chi connectivity index (χ4v) is 2.47. The van der Waals surface area contributed by atoms with Crippen LogP contribution in [0.25, 0.3) is 0 Å². The van der Waals surface area contributed by atoms with Crippen LogP contribution in [0.2, 0.25) is 0 Å². The van der Waals surface area contributed by atoms with Crippen molar-refractivity contribution in [1.82, 2.24) is 0 Å². The van der Waals surface area contributed by atoms with Gasteiger partial charge < -0.3 is 5.21 Å². The van der Waals surface area contributed by atoms with Crippen molar-refractivity contribution in [1.29, 1.82) is 0 Å². The van der Waals surface area contributed by atoms with Gasteiger partial charge in [0.25, 0.3) is 0 Å². The number of halogens is 2. The summed E-state index contributed by atoms with van der Waals surface area (Å²) in [6.45, 7) is 0. The van der Waals surface area contributed by atoms with E-state index in [1.165, 1.54) is 0 Å². The summed E-state index contributed by atoms with van der Waals surface area (Å²) in [5.41, 5.74) is 2.41. The van der Waals surface area contributed by atoms with Crippen LogP contribution in [0.15, 0.2) is 97.1 Å². The highest BCUT2D eigenvalue weighted by atomic mass is 79.9. The lowest BCUT2D eigenvalue weighted by atomic mass is 10.3. The van der Waals surface area contributed by atoms with Gasteiger partial charge >= 0.3 is 0 Å². The van der Waals surface area contributed by atoms with Crippen molar-refractivity contribution in [2.75, 3.05) is 0 Å². The number of hydrogen-bond acceptors (Lipinski definition) is 4. The van der Waals surface area contributed by atoms with E-state index in [4.69, 9.17) is 0 Å². The zero-order valence-corrected chi connectivity index (χ0v) is 16.1. The maximum absolute atomic E-state index is 12.1. The second kappa shape index (κ2) is 8.13. The number of rotatable bonds is 4. The van der Waals surface area contributed by atoms with Crippen LogP contribution >= 0.6 is 31.9 Å². The van der Waals surface area contributed by atoms with Crippen molar-refractivity contribution in [3.8, 4) is 0 Å². The molecule has 7 heteroatoms. The van der Waals surface area contributed by atoms with Gasteiger partial charge in [0, 0.05) is 26.2 Å². The SMILES string of the molecule is [O-][N+](=Nc1ccc(Br)cc1)c1ccc(N=Nc2ccc(Br)cc2)cc1. The molecule has 3 aromatic rings. The highest BCUT2D eigenvalue weighted by molar-refractivity contribution is 9.10. The van der Waals surface area contributed by atoms with Crippen LogP contribution in [-0.2, 0) is 0 Å². The van der Waals surface area contributed by atoms with Crippen LogP contribution in [0.3, 0.4) is 0 Å². The monoisotopic (exact) mass is 458 g/mol. The predicted octanol–water partition coefficient (Wildman–Crippen LogP) is 7.55. The molecular formula is C18H12Br2N4O. The molecule has 124 valence electrons. The van der Waals surface area contributed by atoms with Gasteiger partial charge in [-0.2, -0.15) is 10.2 Å². The summed E-state index contributed by atoms with van der Waals surface area (Å²) in [6, 6.07) is 21.5. The van der Waals surface area contributed by atoms with Gasteiger partial charge in [-0.25, -0.2) is 0 Å². The second-order valence-corrected chi connectivity index (χ2v) is 6.87. The van der Waals surface area contributed by atoms with Crippen molar-refractivity contribution in [2.45, 2.75) is 0 Å². The normalized spacial score (nSPS) is 11.8. The minimum atomic E-state index is 0.422. The van der Waals surface area contributed by atoms with E-state index in [-0.39, 0.29) is 0 Å². The minimum absolute atomic E-state index is 0.422. The van der Waals surface area contributed by atoms with Gasteiger partial charge in [0.2, 0.25) is 5.69 Å². The summed E-state index contributed by atoms with van der Waals surface area (Å²) < 4.78 is 1.92. The van der Waals surface area contributed by atoms with E-state index in [1.807, 2.05) is 36.4 Å². The van der Waals surface area contributed by atoms with E-state index in [0.29, 0.717) is 21.9 Å². The molecule has 0 fully saturated rings. The molecule has 0 amide bonds. The van der Waals surface area contributed by atoms with Crippen molar-refractivity contribution >= 4 is 54.6 Å². The van der Waals surface area contributed by atoms with Crippen LogP contribution in [0.5, 0.6) is 0 Å². The van der Waals surface area contributed by atoms with Gasteiger partial charge in [0.1, 0.15) is 5.69 Å². The van der Waals surface area contributed by atoms with Gasteiger partial charge in [-0.3, -0.25) is 0 Å². The molecule has 0 spiro atoms. The minimum Gasteiger partial charge on any atom is -0.594 e. The van der Waals surface area contributed by atoms with Crippen molar-refractivity contribution in [3.63, 3.8) is 0 Å². The molecule has 3 aromatic carbocycles. The summed E-state index contributed by atoms with van der Waals surface area (Å²) >= 11 is 6.72. The Morgan fingerprint density at radius 1 is 0.600 bits per heavy atom. The van der Waals surface area contributed by atoms with Crippen LogP contribution < -0.4 is 0 Å². The Balaban J connectivity index is 1.73. The number of nitrogens with zero attached hydrogens (tertiary/aromatic N) is 4. The van der Waals surface area contributed by atoms with Crippen molar-refractivity contribution in [3.05, 3.63) is 86.9 Å². The van der Waals surface area contributed by atoms with E-state index in [2.05, 4.69) is 47.2 Å². The molecule has 5 nitrogen and oxygen atoms in total. The molecule has 3 rings (SSSR count). The Morgan fingerprint density at radius 3 is 1.48 bits per heavy atom. The third-order valence-electron chi connectivity index (χ3n) is 3.21. The van der Waals surface area contributed by atoms with Gasteiger partial charge in [0.05, 0.1) is 11.4 Å². The highest BCUT2D eigenvalue weighted by Gasteiger charge is 2.04. The molecular weight excluding hydrogens is 448 g/mol. The Morgan fingerprint density at radius 2 is 1.00 bits per heavy atom. The van der Waals surface area contributed by atoms with Crippen molar-refractivity contribution < 1.29 is 4.86 Å². The van der Waals surface area contributed by atoms with E-state index >= 15 is 0 Å². The van der Waals surface area contributed by atoms with Crippen molar-refractivity contribution in [2.24, 2.45) is 15.3 Å². The van der Waals surface area contributed by atoms with Gasteiger partial charge in [-0.05, 0) is 60.7 Å². The molecule has 0 aromatic heterocycles. The molecule has 0 radical (unpaired) electrons. The largest absolute Gasteiger partial charge is 0.594 e. The second-order valence-electron chi connectivity index (χ2n) is 5.04. The van der Waals surface area contributed by atoms with Crippen LogP contribution in [0.1, 0.15) is 0 Å². The molecule has 0 saturated carbocycles. The highest BCUT2D eigenvalue weighted by Crippen LogP contribution is 2.24. The average molecular weight is 460 g/mol. The first-order valence-electron chi connectivity index (χ1n) is 7.32. The van der Waals surface area contributed by atoms with E-state index < -0.39 is 0 Å². The van der Waals surface area contributed by atoms with Crippen LogP contribution in [-0.4, -0.2) is 4.86 Å². The number of benzene rings is 3. The molecule has 0 aliphatic carbocycles. The quantitative estimate of drug-likeness (QED) is 0.225. The first kappa shape index (κ1) is 17.4. The molecule has 0 unspecified atom stereocenters. The maximum Gasteiger partial charge on any atom is 0.245 e. The molecule has 0 bridgehead atoms. The Bertz CT molecular complexity index is 905. The third kappa shape index (κ3) is 5.04.